The lowest BCUT2D eigenvalue weighted by Crippen LogP contribution is -2.61. The van der Waals surface area contributed by atoms with Crippen LogP contribution in [-0.4, -0.2) is 47.3 Å². The average molecular weight is 438 g/mol. The van der Waals surface area contributed by atoms with Gasteiger partial charge in [-0.1, -0.05) is 55.3 Å². The van der Waals surface area contributed by atoms with Crippen molar-refractivity contribution in [2.75, 3.05) is 6.54 Å². The van der Waals surface area contributed by atoms with Gasteiger partial charge in [0.1, 0.15) is 12.1 Å². The second kappa shape index (κ2) is 8.52. The molecule has 1 aromatic rings. The Hall–Kier alpha value is -1.79. The molecule has 156 valence electrons. The first-order valence-corrected chi connectivity index (χ1v) is 11.0. The summed E-state index contributed by atoms with van der Waals surface area (Å²) in [6.07, 6.45) is 7.05. The number of fused-ring (bicyclic) bond motifs is 1. The van der Waals surface area contributed by atoms with Gasteiger partial charge in [-0.25, -0.2) is 0 Å². The number of piperazine rings is 1. The van der Waals surface area contributed by atoms with E-state index in [4.69, 9.17) is 23.2 Å². The topological polar surface area (TPSA) is 78.5 Å². The molecule has 1 aliphatic carbocycles. The Balaban J connectivity index is 1.39. The van der Waals surface area contributed by atoms with Gasteiger partial charge >= 0.3 is 0 Å². The molecule has 3 fully saturated rings. The van der Waals surface area contributed by atoms with Crippen LogP contribution in [-0.2, 0) is 9.59 Å². The minimum absolute atomic E-state index is 0.0253. The van der Waals surface area contributed by atoms with Crippen molar-refractivity contribution in [3.8, 4) is 0 Å². The Morgan fingerprint density at radius 3 is 2.48 bits per heavy atom. The monoisotopic (exact) mass is 437 g/mol. The summed E-state index contributed by atoms with van der Waals surface area (Å²) in [5.41, 5.74) is 0.360. The van der Waals surface area contributed by atoms with Gasteiger partial charge in [-0.05, 0) is 37.0 Å². The molecule has 4 rings (SSSR count). The molecule has 29 heavy (non-hydrogen) atoms. The predicted molar refractivity (Wildman–Crippen MR) is 111 cm³/mol. The van der Waals surface area contributed by atoms with Crippen molar-refractivity contribution in [3.63, 3.8) is 0 Å². The van der Waals surface area contributed by atoms with Crippen molar-refractivity contribution in [1.82, 2.24) is 15.5 Å². The highest BCUT2D eigenvalue weighted by molar-refractivity contribution is 6.35. The van der Waals surface area contributed by atoms with Gasteiger partial charge in [-0.2, -0.15) is 0 Å². The van der Waals surface area contributed by atoms with Crippen molar-refractivity contribution >= 4 is 40.9 Å². The van der Waals surface area contributed by atoms with Gasteiger partial charge in [-0.3, -0.25) is 14.4 Å². The first-order chi connectivity index (χ1) is 13.9. The number of nitrogens with zero attached hydrogens (tertiary/aromatic N) is 1. The molecule has 8 heteroatoms. The Morgan fingerprint density at radius 2 is 1.79 bits per heavy atom. The standard InChI is InChI=1S/C21H25Cl2N3O3/c22-14-7-13(8-15(23)9-14)19(27)24-16-10-18-20(28)25-17(21(29)26(18)11-16)6-12-4-2-1-3-5-12/h7-9,12,16-18H,1-6,10-11H2,(H,24,27)(H,25,28)/t16-,17-,18-/m0/s1. The Labute approximate surface area is 180 Å². The smallest absolute Gasteiger partial charge is 0.251 e. The summed E-state index contributed by atoms with van der Waals surface area (Å²) in [5, 5.41) is 6.60. The van der Waals surface area contributed by atoms with Crippen LogP contribution >= 0.6 is 23.2 Å². The van der Waals surface area contributed by atoms with Gasteiger partial charge in [0.15, 0.2) is 0 Å². The van der Waals surface area contributed by atoms with Crippen molar-refractivity contribution in [1.29, 1.82) is 0 Å². The summed E-state index contributed by atoms with van der Waals surface area (Å²) in [5.74, 6) is 0.0433. The highest BCUT2D eigenvalue weighted by Crippen LogP contribution is 2.30. The molecule has 0 aromatic heterocycles. The number of rotatable bonds is 4. The number of amides is 3. The number of benzene rings is 1. The highest BCUT2D eigenvalue weighted by Gasteiger charge is 2.47. The lowest BCUT2D eigenvalue weighted by Gasteiger charge is -2.36. The third-order valence-corrected chi connectivity index (χ3v) is 6.69. The zero-order valence-corrected chi connectivity index (χ0v) is 17.6. The summed E-state index contributed by atoms with van der Waals surface area (Å²) < 4.78 is 0. The minimum Gasteiger partial charge on any atom is -0.347 e. The summed E-state index contributed by atoms with van der Waals surface area (Å²) >= 11 is 11.9. The van der Waals surface area contributed by atoms with Crippen LogP contribution in [0.3, 0.4) is 0 Å². The van der Waals surface area contributed by atoms with Crippen molar-refractivity contribution in [2.24, 2.45) is 5.92 Å². The predicted octanol–water partition coefficient (Wildman–Crippen LogP) is 3.16. The zero-order valence-electron chi connectivity index (χ0n) is 16.1. The number of carbonyl (C=O) groups excluding carboxylic acids is 3. The summed E-state index contributed by atoms with van der Waals surface area (Å²) in [4.78, 5) is 39.8. The maximum atomic E-state index is 13.0. The van der Waals surface area contributed by atoms with E-state index in [1.165, 1.54) is 19.3 Å². The van der Waals surface area contributed by atoms with Crippen LogP contribution in [0.4, 0.5) is 0 Å². The fourth-order valence-corrected chi connectivity index (χ4v) is 5.36. The van der Waals surface area contributed by atoms with E-state index in [-0.39, 0.29) is 23.8 Å². The Morgan fingerprint density at radius 1 is 1.10 bits per heavy atom. The van der Waals surface area contributed by atoms with Crippen molar-refractivity contribution < 1.29 is 14.4 Å². The highest BCUT2D eigenvalue weighted by atomic mass is 35.5. The van der Waals surface area contributed by atoms with Gasteiger partial charge in [-0.15, -0.1) is 0 Å². The molecule has 0 bridgehead atoms. The minimum atomic E-state index is -0.515. The van der Waals surface area contributed by atoms with E-state index in [0.717, 1.165) is 12.8 Å². The number of nitrogens with one attached hydrogen (secondary N) is 2. The molecule has 2 heterocycles. The Bertz CT molecular complexity index is 805. The van der Waals surface area contributed by atoms with Crippen LogP contribution in [0.2, 0.25) is 10.0 Å². The average Bonchev–Trinajstić information content (AvgIpc) is 3.10. The third kappa shape index (κ3) is 4.53. The van der Waals surface area contributed by atoms with Gasteiger partial charge in [0, 0.05) is 28.2 Å². The quantitative estimate of drug-likeness (QED) is 0.758. The first kappa shape index (κ1) is 20.5. The molecule has 3 atom stereocenters. The summed E-state index contributed by atoms with van der Waals surface area (Å²) in [6, 6.07) is 3.41. The van der Waals surface area contributed by atoms with E-state index in [1.807, 2.05) is 0 Å². The van der Waals surface area contributed by atoms with E-state index >= 15 is 0 Å². The molecule has 2 N–H and O–H groups in total. The fraction of sp³-hybridized carbons (Fsp3) is 0.571. The molecule has 6 nitrogen and oxygen atoms in total. The van der Waals surface area contributed by atoms with Crippen LogP contribution in [0.1, 0.15) is 55.3 Å². The van der Waals surface area contributed by atoms with Crippen LogP contribution in [0.25, 0.3) is 0 Å². The molecule has 1 saturated carbocycles. The van der Waals surface area contributed by atoms with Gasteiger partial charge in [0.25, 0.3) is 5.91 Å². The third-order valence-electron chi connectivity index (χ3n) is 6.26. The first-order valence-electron chi connectivity index (χ1n) is 10.3. The van der Waals surface area contributed by atoms with Crippen molar-refractivity contribution in [2.45, 2.75) is 63.1 Å². The zero-order chi connectivity index (χ0) is 20.5. The van der Waals surface area contributed by atoms with E-state index in [1.54, 1.807) is 23.1 Å². The van der Waals surface area contributed by atoms with Gasteiger partial charge in [0.2, 0.25) is 11.8 Å². The largest absolute Gasteiger partial charge is 0.347 e. The van der Waals surface area contributed by atoms with Crippen LogP contribution in [0.15, 0.2) is 18.2 Å². The molecule has 3 aliphatic rings. The lowest BCUT2D eigenvalue weighted by atomic mass is 9.84. The number of carbonyl (C=O) groups is 3. The van der Waals surface area contributed by atoms with E-state index in [0.29, 0.717) is 40.9 Å². The molecule has 0 radical (unpaired) electrons. The molecule has 3 amide bonds. The van der Waals surface area contributed by atoms with Gasteiger partial charge < -0.3 is 15.5 Å². The van der Waals surface area contributed by atoms with E-state index in [2.05, 4.69) is 10.6 Å². The maximum Gasteiger partial charge on any atom is 0.251 e. The number of hydrogen-bond acceptors (Lipinski definition) is 3. The molecule has 2 saturated heterocycles. The Kier molecular flexibility index (Phi) is 6.02. The fourth-order valence-electron chi connectivity index (χ4n) is 4.83. The summed E-state index contributed by atoms with van der Waals surface area (Å²) in [7, 11) is 0. The second-order valence-electron chi connectivity index (χ2n) is 8.37. The molecule has 1 aromatic carbocycles. The molecule has 0 unspecified atom stereocenters. The number of halogens is 2. The van der Waals surface area contributed by atoms with Crippen molar-refractivity contribution in [3.05, 3.63) is 33.8 Å². The molecule has 0 spiro atoms. The molecular weight excluding hydrogens is 413 g/mol. The van der Waals surface area contributed by atoms with Crippen LogP contribution < -0.4 is 10.6 Å². The van der Waals surface area contributed by atoms with Gasteiger partial charge in [0.05, 0.1) is 0 Å². The maximum absolute atomic E-state index is 13.0. The van der Waals surface area contributed by atoms with Crippen LogP contribution in [0, 0.1) is 5.92 Å². The summed E-state index contributed by atoms with van der Waals surface area (Å²) in [6.45, 7) is 0.345. The lowest BCUT2D eigenvalue weighted by molar-refractivity contribution is -0.147. The van der Waals surface area contributed by atoms with E-state index in [9.17, 15) is 14.4 Å². The SMILES string of the molecule is O=C(N[C@H]1C[C@H]2C(=O)N[C@@H](CC3CCCCC3)C(=O)N2C1)c1cc(Cl)cc(Cl)c1. The molecular formula is C21H25Cl2N3O3. The number of hydrogen-bond donors (Lipinski definition) is 2. The normalized spacial score (nSPS) is 27.5. The molecule has 2 aliphatic heterocycles. The van der Waals surface area contributed by atoms with Crippen LogP contribution in [0.5, 0.6) is 0 Å². The second-order valence-corrected chi connectivity index (χ2v) is 9.24. The van der Waals surface area contributed by atoms with E-state index < -0.39 is 12.1 Å².